The van der Waals surface area contributed by atoms with Gasteiger partial charge in [-0.15, -0.1) is 0 Å². The van der Waals surface area contributed by atoms with Crippen LogP contribution in [-0.2, 0) is 19.0 Å². The molecule has 0 saturated heterocycles. The SMILES string of the molecule is OCc1c(C(F)(F)F)cc(F)cc1C(F)(F)F. The molecule has 0 atom stereocenters. The molecule has 1 aromatic carbocycles. The number of halogens is 7. The molecule has 0 fully saturated rings. The maximum absolute atomic E-state index is 12.7. The molecule has 0 heterocycles. The van der Waals surface area contributed by atoms with Crippen LogP contribution in [0.3, 0.4) is 0 Å². The minimum atomic E-state index is -5.17. The third-order valence-corrected chi connectivity index (χ3v) is 1.98. The first-order chi connectivity index (χ1) is 7.57. The lowest BCUT2D eigenvalue weighted by atomic mass is 10.0. The number of benzene rings is 1. The maximum atomic E-state index is 12.7. The van der Waals surface area contributed by atoms with E-state index in [1.165, 1.54) is 0 Å². The zero-order valence-corrected chi connectivity index (χ0v) is 7.95. The fraction of sp³-hybridized carbons (Fsp3) is 0.333. The van der Waals surface area contributed by atoms with Gasteiger partial charge in [-0.25, -0.2) is 4.39 Å². The van der Waals surface area contributed by atoms with E-state index < -0.39 is 41.5 Å². The molecular weight excluding hydrogens is 257 g/mol. The van der Waals surface area contributed by atoms with Gasteiger partial charge in [-0.1, -0.05) is 0 Å². The molecule has 1 aromatic rings. The molecule has 0 saturated carbocycles. The van der Waals surface area contributed by atoms with Crippen molar-refractivity contribution in [1.29, 1.82) is 0 Å². The van der Waals surface area contributed by atoms with Gasteiger partial charge in [0.15, 0.2) is 0 Å². The van der Waals surface area contributed by atoms with Crippen LogP contribution in [-0.4, -0.2) is 5.11 Å². The highest BCUT2D eigenvalue weighted by molar-refractivity contribution is 5.39. The third-order valence-electron chi connectivity index (χ3n) is 1.98. The summed E-state index contributed by atoms with van der Waals surface area (Å²) < 4.78 is 86.8. The van der Waals surface area contributed by atoms with Crippen molar-refractivity contribution in [3.63, 3.8) is 0 Å². The van der Waals surface area contributed by atoms with Gasteiger partial charge >= 0.3 is 12.4 Å². The van der Waals surface area contributed by atoms with E-state index in [1.807, 2.05) is 0 Å². The zero-order chi connectivity index (χ0) is 13.4. The molecule has 0 aliphatic carbocycles. The molecular formula is C9H5F7O. The van der Waals surface area contributed by atoms with Gasteiger partial charge in [0, 0.05) is 5.56 Å². The Labute approximate surface area is 90.5 Å². The monoisotopic (exact) mass is 262 g/mol. The van der Waals surface area contributed by atoms with Gasteiger partial charge in [-0.05, 0) is 12.1 Å². The molecule has 0 amide bonds. The van der Waals surface area contributed by atoms with Crippen LogP contribution in [0.15, 0.2) is 12.1 Å². The topological polar surface area (TPSA) is 20.2 Å². The van der Waals surface area contributed by atoms with E-state index in [-0.39, 0.29) is 12.1 Å². The second-order valence-corrected chi connectivity index (χ2v) is 3.13. The third kappa shape index (κ3) is 2.87. The van der Waals surface area contributed by atoms with E-state index >= 15 is 0 Å². The normalized spacial score (nSPS) is 12.9. The summed E-state index contributed by atoms with van der Waals surface area (Å²) in [5, 5.41) is 8.59. The van der Waals surface area contributed by atoms with E-state index in [0.29, 0.717) is 0 Å². The maximum Gasteiger partial charge on any atom is 0.416 e. The highest BCUT2D eigenvalue weighted by Crippen LogP contribution is 2.39. The van der Waals surface area contributed by atoms with Crippen LogP contribution < -0.4 is 0 Å². The summed E-state index contributed by atoms with van der Waals surface area (Å²) in [5.41, 5.74) is -5.04. The minimum Gasteiger partial charge on any atom is -0.392 e. The average Bonchev–Trinajstić information content (AvgIpc) is 2.13. The fourth-order valence-corrected chi connectivity index (χ4v) is 1.31. The van der Waals surface area contributed by atoms with Gasteiger partial charge in [-0.2, -0.15) is 26.3 Å². The standard InChI is InChI=1S/C9H5F7O/c10-4-1-6(8(11,12)13)5(3-17)7(2-4)9(14,15)16/h1-2,17H,3H2. The summed E-state index contributed by atoms with van der Waals surface area (Å²) in [4.78, 5) is 0. The molecule has 17 heavy (non-hydrogen) atoms. The Morgan fingerprint density at radius 1 is 0.882 bits per heavy atom. The predicted molar refractivity (Wildman–Crippen MR) is 42.3 cm³/mol. The first-order valence-electron chi connectivity index (χ1n) is 4.15. The smallest absolute Gasteiger partial charge is 0.392 e. The van der Waals surface area contributed by atoms with Crippen LogP contribution >= 0.6 is 0 Å². The lowest BCUT2D eigenvalue weighted by molar-refractivity contribution is -0.145. The van der Waals surface area contributed by atoms with E-state index in [9.17, 15) is 30.7 Å². The molecule has 1 nitrogen and oxygen atoms in total. The molecule has 0 aromatic heterocycles. The number of rotatable bonds is 1. The van der Waals surface area contributed by atoms with Crippen molar-refractivity contribution >= 4 is 0 Å². The predicted octanol–water partition coefficient (Wildman–Crippen LogP) is 3.36. The van der Waals surface area contributed by atoms with Crippen molar-refractivity contribution in [2.24, 2.45) is 0 Å². The Hall–Kier alpha value is -1.31. The second-order valence-electron chi connectivity index (χ2n) is 3.13. The first-order valence-corrected chi connectivity index (χ1v) is 4.15. The first kappa shape index (κ1) is 13.8. The number of aliphatic hydroxyl groups is 1. The summed E-state index contributed by atoms with van der Waals surface area (Å²) in [6, 6.07) is -0.165. The molecule has 0 bridgehead atoms. The van der Waals surface area contributed by atoms with E-state index in [2.05, 4.69) is 0 Å². The number of alkyl halides is 6. The highest BCUT2D eigenvalue weighted by Gasteiger charge is 2.41. The van der Waals surface area contributed by atoms with Gasteiger partial charge in [0.25, 0.3) is 0 Å². The largest absolute Gasteiger partial charge is 0.416 e. The molecule has 96 valence electrons. The van der Waals surface area contributed by atoms with Crippen molar-refractivity contribution in [2.45, 2.75) is 19.0 Å². The lowest BCUT2D eigenvalue weighted by Gasteiger charge is -2.17. The Kier molecular flexibility index (Phi) is 3.37. The van der Waals surface area contributed by atoms with Crippen LogP contribution in [0.25, 0.3) is 0 Å². The van der Waals surface area contributed by atoms with Crippen LogP contribution in [0.4, 0.5) is 30.7 Å². The van der Waals surface area contributed by atoms with Gasteiger partial charge in [-0.3, -0.25) is 0 Å². The molecule has 0 radical (unpaired) electrons. The quantitative estimate of drug-likeness (QED) is 0.769. The van der Waals surface area contributed by atoms with Gasteiger partial charge in [0.1, 0.15) is 5.82 Å². The Balaban J connectivity index is 3.58. The Bertz CT molecular complexity index is 383. The molecule has 0 spiro atoms. The van der Waals surface area contributed by atoms with Crippen molar-refractivity contribution in [2.75, 3.05) is 0 Å². The second kappa shape index (κ2) is 4.17. The van der Waals surface area contributed by atoms with Crippen molar-refractivity contribution in [3.05, 3.63) is 34.6 Å². The number of hydrogen-bond acceptors (Lipinski definition) is 1. The number of hydrogen-bond donors (Lipinski definition) is 1. The van der Waals surface area contributed by atoms with Crippen LogP contribution in [0, 0.1) is 5.82 Å². The molecule has 0 unspecified atom stereocenters. The lowest BCUT2D eigenvalue weighted by Crippen LogP contribution is -2.17. The molecule has 8 heteroatoms. The minimum absolute atomic E-state index is 0.0825. The summed E-state index contributed by atoms with van der Waals surface area (Å²) in [5.74, 6) is -1.66. The van der Waals surface area contributed by atoms with Gasteiger partial charge < -0.3 is 5.11 Å². The summed E-state index contributed by atoms with van der Waals surface area (Å²) in [6.07, 6.45) is -10.3. The Morgan fingerprint density at radius 3 is 1.47 bits per heavy atom. The van der Waals surface area contributed by atoms with Gasteiger partial charge in [0.2, 0.25) is 0 Å². The van der Waals surface area contributed by atoms with Crippen LogP contribution in [0.5, 0.6) is 0 Å². The summed E-state index contributed by atoms with van der Waals surface area (Å²) in [6.45, 7) is -1.48. The van der Waals surface area contributed by atoms with E-state index in [1.54, 1.807) is 0 Å². The molecule has 1 rings (SSSR count). The number of aliphatic hydroxyl groups excluding tert-OH is 1. The molecule has 0 aliphatic rings. The Morgan fingerprint density at radius 2 is 1.24 bits per heavy atom. The molecule has 1 N–H and O–H groups in total. The van der Waals surface area contributed by atoms with E-state index in [4.69, 9.17) is 5.11 Å². The zero-order valence-electron chi connectivity index (χ0n) is 7.95. The van der Waals surface area contributed by atoms with E-state index in [0.717, 1.165) is 0 Å². The average molecular weight is 262 g/mol. The molecule has 0 aliphatic heterocycles. The van der Waals surface area contributed by atoms with Crippen molar-refractivity contribution < 1.29 is 35.8 Å². The van der Waals surface area contributed by atoms with Gasteiger partial charge in [0.05, 0.1) is 17.7 Å². The summed E-state index contributed by atoms with van der Waals surface area (Å²) >= 11 is 0. The fourth-order valence-electron chi connectivity index (χ4n) is 1.31. The van der Waals surface area contributed by atoms with Crippen molar-refractivity contribution in [1.82, 2.24) is 0 Å². The van der Waals surface area contributed by atoms with Crippen LogP contribution in [0.1, 0.15) is 16.7 Å². The highest BCUT2D eigenvalue weighted by atomic mass is 19.4. The van der Waals surface area contributed by atoms with Crippen molar-refractivity contribution in [3.8, 4) is 0 Å². The van der Waals surface area contributed by atoms with Crippen LogP contribution in [0.2, 0.25) is 0 Å². The summed E-state index contributed by atoms with van der Waals surface area (Å²) in [7, 11) is 0.